The molecule has 3 aromatic rings. The molecule has 5 rings (SSSR count). The molecule has 0 aliphatic carbocycles. The molecule has 2 saturated heterocycles. The van der Waals surface area contributed by atoms with Crippen LogP contribution in [-0.4, -0.2) is 62.4 Å². The zero-order chi connectivity index (χ0) is 24.4. The van der Waals surface area contributed by atoms with Gasteiger partial charge in [-0.25, -0.2) is 18.7 Å². The summed E-state index contributed by atoms with van der Waals surface area (Å²) < 4.78 is 37.8. The number of rotatable bonds is 6. The number of nitrogen functional groups attached to an aromatic ring is 1. The first-order valence-corrected chi connectivity index (χ1v) is 12.5. The van der Waals surface area contributed by atoms with Gasteiger partial charge in [-0.3, -0.25) is 9.47 Å². The molecular formula is C25H33F2N7O. The van der Waals surface area contributed by atoms with Gasteiger partial charge in [0.05, 0.1) is 17.6 Å². The van der Waals surface area contributed by atoms with E-state index in [0.717, 1.165) is 30.3 Å². The van der Waals surface area contributed by atoms with Gasteiger partial charge < -0.3 is 15.8 Å². The minimum absolute atomic E-state index is 0.110. The van der Waals surface area contributed by atoms with Crippen molar-refractivity contribution >= 4 is 17.0 Å². The first kappa shape index (κ1) is 23.9. The number of imidazole rings is 1. The number of aromatic nitrogens is 4. The van der Waals surface area contributed by atoms with E-state index < -0.39 is 5.67 Å². The van der Waals surface area contributed by atoms with Gasteiger partial charge in [-0.15, -0.1) is 0 Å². The first-order chi connectivity index (χ1) is 16.9. The van der Waals surface area contributed by atoms with Crippen molar-refractivity contribution in [2.24, 2.45) is 0 Å². The summed E-state index contributed by atoms with van der Waals surface area (Å²) >= 11 is 0. The van der Waals surface area contributed by atoms with Crippen LogP contribution in [0.1, 0.15) is 50.6 Å². The van der Waals surface area contributed by atoms with Crippen molar-refractivity contribution in [1.29, 1.82) is 0 Å². The van der Waals surface area contributed by atoms with Crippen LogP contribution in [0.2, 0.25) is 0 Å². The van der Waals surface area contributed by atoms with Gasteiger partial charge in [0.2, 0.25) is 5.95 Å². The summed E-state index contributed by atoms with van der Waals surface area (Å²) in [4.78, 5) is 14.9. The maximum Gasteiger partial charge on any atom is 0.297 e. The highest BCUT2D eigenvalue weighted by Gasteiger charge is 2.42. The van der Waals surface area contributed by atoms with E-state index in [1.165, 1.54) is 12.1 Å². The van der Waals surface area contributed by atoms with Crippen LogP contribution in [-0.2, 0) is 6.54 Å². The predicted octanol–water partition coefficient (Wildman–Crippen LogP) is 3.63. The predicted molar refractivity (Wildman–Crippen MR) is 130 cm³/mol. The summed E-state index contributed by atoms with van der Waals surface area (Å²) in [5, 5.41) is 3.50. The number of halogens is 2. The van der Waals surface area contributed by atoms with Crippen molar-refractivity contribution in [3.63, 3.8) is 0 Å². The van der Waals surface area contributed by atoms with Gasteiger partial charge in [0, 0.05) is 55.7 Å². The molecule has 2 fully saturated rings. The molecule has 3 N–H and O–H groups in total. The summed E-state index contributed by atoms with van der Waals surface area (Å²) in [6.45, 7) is 5.18. The largest absolute Gasteiger partial charge is 0.465 e. The summed E-state index contributed by atoms with van der Waals surface area (Å²) in [7, 11) is 0. The van der Waals surface area contributed by atoms with E-state index in [0.29, 0.717) is 57.2 Å². The van der Waals surface area contributed by atoms with Gasteiger partial charge in [-0.1, -0.05) is 0 Å². The Labute approximate surface area is 203 Å². The quantitative estimate of drug-likeness (QED) is 0.551. The Balaban J connectivity index is 1.25. The molecule has 0 spiro atoms. The van der Waals surface area contributed by atoms with Crippen LogP contribution in [0.15, 0.2) is 30.6 Å². The van der Waals surface area contributed by atoms with Gasteiger partial charge in [-0.2, -0.15) is 4.98 Å². The average molecular weight is 486 g/mol. The zero-order valence-corrected chi connectivity index (χ0v) is 20.1. The molecule has 0 saturated carbocycles. The molecule has 2 aliphatic heterocycles. The third-order valence-electron chi connectivity index (χ3n) is 7.36. The highest BCUT2D eigenvalue weighted by Crippen LogP contribution is 2.37. The number of piperidine rings is 1. The van der Waals surface area contributed by atoms with Gasteiger partial charge in [0.25, 0.3) is 6.01 Å². The number of nitrogens with zero attached hydrogens (tertiary/aromatic N) is 5. The van der Waals surface area contributed by atoms with Crippen molar-refractivity contribution < 1.29 is 13.5 Å². The maximum absolute atomic E-state index is 16.2. The molecule has 0 bridgehead atoms. The van der Waals surface area contributed by atoms with Crippen molar-refractivity contribution in [3.05, 3.63) is 42.0 Å². The lowest BCUT2D eigenvalue weighted by molar-refractivity contribution is 0.0204. The second-order valence-electron chi connectivity index (χ2n) is 9.62. The fraction of sp³-hybridized carbons (Fsp3) is 0.560. The normalized spacial score (nSPS) is 23.3. The number of hydrogen-bond donors (Lipinski definition) is 2. The molecule has 2 aliphatic rings. The van der Waals surface area contributed by atoms with Gasteiger partial charge in [-0.05, 0) is 57.7 Å². The van der Waals surface area contributed by atoms with Crippen molar-refractivity contribution in [3.8, 4) is 6.01 Å². The van der Waals surface area contributed by atoms with Crippen LogP contribution in [0.4, 0.5) is 14.7 Å². The number of nitrogens with one attached hydrogen (secondary N) is 1. The summed E-state index contributed by atoms with van der Waals surface area (Å²) in [5.74, 6) is -0.0560. The molecular weight excluding hydrogens is 452 g/mol. The summed E-state index contributed by atoms with van der Waals surface area (Å²) in [6, 6.07) is 5.07. The molecule has 2 atom stereocenters. The van der Waals surface area contributed by atoms with Crippen molar-refractivity contribution in [2.75, 3.05) is 32.0 Å². The number of anilines is 1. The number of ether oxygens (including phenoxy) is 1. The topological polar surface area (TPSA) is 94.1 Å². The lowest BCUT2D eigenvalue weighted by Crippen LogP contribution is -2.53. The number of likely N-dealkylation sites (tertiary alicyclic amines) is 1. The monoisotopic (exact) mass is 485 g/mol. The highest BCUT2D eigenvalue weighted by molar-refractivity contribution is 5.77. The van der Waals surface area contributed by atoms with E-state index in [-0.39, 0.29) is 23.8 Å². The Morgan fingerprint density at radius 2 is 1.94 bits per heavy atom. The number of nitrogens with two attached hydrogens (primary N) is 1. The lowest BCUT2D eigenvalue weighted by Gasteiger charge is -2.41. The number of hydrogen-bond acceptors (Lipinski definition) is 7. The lowest BCUT2D eigenvalue weighted by atomic mass is 9.83. The maximum atomic E-state index is 16.2. The summed E-state index contributed by atoms with van der Waals surface area (Å²) in [5.41, 5.74) is 6.75. The van der Waals surface area contributed by atoms with Crippen LogP contribution < -0.4 is 15.8 Å². The summed E-state index contributed by atoms with van der Waals surface area (Å²) in [6.07, 6.45) is 6.80. The van der Waals surface area contributed by atoms with Gasteiger partial charge in [0.15, 0.2) is 0 Å². The number of benzene rings is 1. The van der Waals surface area contributed by atoms with E-state index in [4.69, 9.17) is 10.5 Å². The second-order valence-corrected chi connectivity index (χ2v) is 9.62. The van der Waals surface area contributed by atoms with Crippen LogP contribution >= 0.6 is 0 Å². The van der Waals surface area contributed by atoms with Gasteiger partial charge in [0.1, 0.15) is 11.5 Å². The third kappa shape index (κ3) is 5.08. The van der Waals surface area contributed by atoms with Crippen molar-refractivity contribution in [1.82, 2.24) is 29.7 Å². The minimum atomic E-state index is -1.24. The van der Waals surface area contributed by atoms with E-state index in [1.807, 2.05) is 6.92 Å². The molecule has 188 valence electrons. The van der Waals surface area contributed by atoms with E-state index >= 15 is 4.39 Å². The fourth-order valence-electron chi connectivity index (χ4n) is 5.50. The molecule has 2 aromatic heterocycles. The molecule has 4 heterocycles. The van der Waals surface area contributed by atoms with E-state index in [1.54, 1.807) is 18.5 Å². The number of fused-ring (bicyclic) bond motifs is 1. The highest BCUT2D eigenvalue weighted by atomic mass is 19.1. The number of alkyl halides is 1. The molecule has 0 radical (unpaired) electrons. The van der Waals surface area contributed by atoms with Crippen LogP contribution in [0, 0.1) is 5.82 Å². The fourth-order valence-corrected chi connectivity index (χ4v) is 5.50. The molecule has 2 unspecified atom stereocenters. The second kappa shape index (κ2) is 10.0. The Morgan fingerprint density at radius 1 is 1.17 bits per heavy atom. The Kier molecular flexibility index (Phi) is 6.84. The Hall–Kier alpha value is -2.85. The standard InChI is InChI=1S/C25H33F2N7O/c1-2-35-24-32-20-13-18(26)3-5-21(20)34(24)19-4-6-22(29-10-7-19)25(27)8-11-33(12-9-25)16-17-14-30-23(28)31-15-17/h3,5,13-15,19,22,29H,2,4,6-12,16H2,1H3,(H2,28,30,31). The van der Waals surface area contributed by atoms with E-state index in [2.05, 4.69) is 29.7 Å². The first-order valence-electron chi connectivity index (χ1n) is 12.5. The van der Waals surface area contributed by atoms with Gasteiger partial charge >= 0.3 is 0 Å². The molecule has 0 amide bonds. The van der Waals surface area contributed by atoms with Crippen molar-refractivity contribution in [2.45, 2.75) is 63.3 Å². The molecule has 1 aromatic carbocycles. The average Bonchev–Trinajstić information content (AvgIpc) is 3.01. The Bertz CT molecular complexity index is 1140. The molecule has 10 heteroatoms. The zero-order valence-electron chi connectivity index (χ0n) is 20.1. The SMILES string of the molecule is CCOc1nc2cc(F)ccc2n1C1CCNC(C2(F)CCN(Cc3cnc(N)nc3)CC2)CC1. The minimum Gasteiger partial charge on any atom is -0.465 e. The van der Waals surface area contributed by atoms with E-state index in [9.17, 15) is 4.39 Å². The van der Waals surface area contributed by atoms with Crippen LogP contribution in [0.3, 0.4) is 0 Å². The Morgan fingerprint density at radius 3 is 2.69 bits per heavy atom. The third-order valence-corrected chi connectivity index (χ3v) is 7.36. The molecule has 35 heavy (non-hydrogen) atoms. The molecule has 8 nitrogen and oxygen atoms in total. The smallest absolute Gasteiger partial charge is 0.297 e. The van der Waals surface area contributed by atoms with Crippen LogP contribution in [0.5, 0.6) is 6.01 Å². The van der Waals surface area contributed by atoms with Crippen LogP contribution in [0.25, 0.3) is 11.0 Å².